The maximum Gasteiger partial charge on any atom is 2.00 e. The molecule has 0 aromatic heterocycles. The van der Waals surface area contributed by atoms with E-state index >= 15 is 0 Å². The third-order valence-corrected chi connectivity index (χ3v) is 1.49. The van der Waals surface area contributed by atoms with E-state index in [9.17, 15) is 0 Å². The first-order chi connectivity index (χ1) is 5.27. The average Bonchev–Trinajstić information content (AvgIpc) is 2.04. The van der Waals surface area contributed by atoms with Gasteiger partial charge in [-0.05, 0) is 6.07 Å². The zero-order valence-corrected chi connectivity index (χ0v) is 10.0. The molecule has 0 amide bonds. The van der Waals surface area contributed by atoms with Gasteiger partial charge in [-0.25, -0.2) is 0 Å². The second kappa shape index (κ2) is 7.18. The molecule has 4 heteroatoms. The van der Waals surface area contributed by atoms with Gasteiger partial charge in [0.25, 0.3) is 0 Å². The second-order valence-corrected chi connectivity index (χ2v) is 2.18. The number of ether oxygens (including phenoxy) is 2. The number of methoxy groups -OCH3 is 2. The van der Waals surface area contributed by atoms with E-state index in [1.807, 2.05) is 18.2 Å². The van der Waals surface area contributed by atoms with Crippen molar-refractivity contribution in [1.29, 1.82) is 0 Å². The molecule has 68 valence electrons. The molecule has 0 heterocycles. The van der Waals surface area contributed by atoms with Crippen LogP contribution in [0.3, 0.4) is 0 Å². The predicted molar refractivity (Wildman–Crippen MR) is 49.8 cm³/mol. The molecular weight excluding hydrogens is 200 g/mol. The fraction of sp³-hybridized carbons (Fsp3) is 0.222. The number of halogens is 1. The molecule has 0 saturated heterocycles. The number of benzene rings is 1. The summed E-state index contributed by atoms with van der Waals surface area (Å²) in [4.78, 5) is 0. The molecule has 0 radical (unpaired) electrons. The Kier molecular flexibility index (Phi) is 8.41. The standard InChI is InChI=1S/C9H11O2.ClH.Mg/c1-7-6-8(10-2)4-5-9(7)11-3;;/h4-6H,1H2,2-3H3;1H;/q-1;;+2/p-1. The zero-order valence-electron chi connectivity index (χ0n) is 7.84. The van der Waals surface area contributed by atoms with Crippen LogP contribution < -0.4 is 21.9 Å². The second-order valence-electron chi connectivity index (χ2n) is 2.18. The van der Waals surface area contributed by atoms with Gasteiger partial charge in [-0.1, -0.05) is 6.07 Å². The van der Waals surface area contributed by atoms with E-state index in [1.54, 1.807) is 14.2 Å². The monoisotopic (exact) mass is 210 g/mol. The SMILES string of the molecule is [CH2-]c1cc(OC)ccc1OC.[Cl-].[Mg+2]. The Balaban J connectivity index is 0. The fourth-order valence-corrected chi connectivity index (χ4v) is 0.882. The Morgan fingerprint density at radius 2 is 1.77 bits per heavy atom. The van der Waals surface area contributed by atoms with Gasteiger partial charge < -0.3 is 21.9 Å². The van der Waals surface area contributed by atoms with Crippen LogP contribution in [0.25, 0.3) is 0 Å². The first-order valence-electron chi connectivity index (χ1n) is 3.32. The molecule has 1 aromatic carbocycles. The Hall–Kier alpha value is -0.254. The summed E-state index contributed by atoms with van der Waals surface area (Å²) in [6.45, 7) is 3.79. The first-order valence-corrected chi connectivity index (χ1v) is 3.32. The molecule has 0 saturated carbocycles. The van der Waals surface area contributed by atoms with E-state index in [0.717, 1.165) is 17.1 Å². The maximum absolute atomic E-state index is 5.03. The fourth-order valence-electron chi connectivity index (χ4n) is 0.882. The van der Waals surface area contributed by atoms with E-state index < -0.39 is 0 Å². The minimum Gasteiger partial charge on any atom is -1.00 e. The van der Waals surface area contributed by atoms with Crippen LogP contribution in [0.4, 0.5) is 0 Å². The molecule has 0 aliphatic carbocycles. The summed E-state index contributed by atoms with van der Waals surface area (Å²) in [6.07, 6.45) is 0. The van der Waals surface area contributed by atoms with Gasteiger partial charge in [-0.15, -0.1) is 6.07 Å². The van der Waals surface area contributed by atoms with Gasteiger partial charge in [0, 0.05) is 5.75 Å². The molecule has 0 fully saturated rings. The summed E-state index contributed by atoms with van der Waals surface area (Å²) in [5.41, 5.74) is 0.840. The molecule has 0 atom stereocenters. The van der Waals surface area contributed by atoms with Crippen LogP contribution >= 0.6 is 0 Å². The molecule has 0 aliphatic heterocycles. The Morgan fingerprint density at radius 1 is 1.15 bits per heavy atom. The van der Waals surface area contributed by atoms with Gasteiger partial charge in [0.05, 0.1) is 20.0 Å². The van der Waals surface area contributed by atoms with E-state index in [0.29, 0.717) is 0 Å². The molecule has 0 unspecified atom stereocenters. The van der Waals surface area contributed by atoms with Crippen LogP contribution in [0.15, 0.2) is 18.2 Å². The van der Waals surface area contributed by atoms with Gasteiger partial charge in [0.2, 0.25) is 0 Å². The Morgan fingerprint density at radius 3 is 2.15 bits per heavy atom. The number of hydrogen-bond acceptors (Lipinski definition) is 2. The molecule has 0 bridgehead atoms. The van der Waals surface area contributed by atoms with Crippen molar-refractivity contribution in [3.8, 4) is 11.5 Å². The Labute approximate surface area is 101 Å². The summed E-state index contributed by atoms with van der Waals surface area (Å²) < 4.78 is 10.0. The Bertz CT molecular complexity index is 253. The summed E-state index contributed by atoms with van der Waals surface area (Å²) in [5, 5.41) is 0. The van der Waals surface area contributed by atoms with Crippen LogP contribution in [0.5, 0.6) is 11.5 Å². The van der Waals surface area contributed by atoms with Crippen molar-refractivity contribution in [1.82, 2.24) is 0 Å². The van der Waals surface area contributed by atoms with Crippen molar-refractivity contribution < 1.29 is 21.9 Å². The molecule has 0 spiro atoms. The van der Waals surface area contributed by atoms with Crippen molar-refractivity contribution in [3.63, 3.8) is 0 Å². The number of rotatable bonds is 2. The van der Waals surface area contributed by atoms with Crippen molar-refractivity contribution in [2.45, 2.75) is 0 Å². The third-order valence-electron chi connectivity index (χ3n) is 1.49. The molecule has 2 nitrogen and oxygen atoms in total. The summed E-state index contributed by atoms with van der Waals surface area (Å²) >= 11 is 0. The normalized spacial score (nSPS) is 7.85. The van der Waals surface area contributed by atoms with E-state index in [-0.39, 0.29) is 35.5 Å². The third kappa shape index (κ3) is 3.98. The molecule has 1 rings (SSSR count). The smallest absolute Gasteiger partial charge is 1.00 e. The topological polar surface area (TPSA) is 18.5 Å². The maximum atomic E-state index is 5.03. The van der Waals surface area contributed by atoms with Crippen LogP contribution in [-0.2, 0) is 0 Å². The van der Waals surface area contributed by atoms with Crippen LogP contribution in [0.1, 0.15) is 5.56 Å². The minimum absolute atomic E-state index is 0. The van der Waals surface area contributed by atoms with Gasteiger partial charge in [-0.2, -0.15) is 12.5 Å². The first kappa shape index (κ1) is 15.2. The van der Waals surface area contributed by atoms with E-state index in [2.05, 4.69) is 6.92 Å². The molecule has 1 aromatic rings. The summed E-state index contributed by atoms with van der Waals surface area (Å²) in [5.74, 6) is 1.58. The summed E-state index contributed by atoms with van der Waals surface area (Å²) in [6, 6.07) is 5.51. The van der Waals surface area contributed by atoms with Crippen LogP contribution in [0.2, 0.25) is 0 Å². The minimum atomic E-state index is 0. The molecule has 0 aliphatic rings. The largest absolute Gasteiger partial charge is 2.00 e. The van der Waals surface area contributed by atoms with Crippen LogP contribution in [0, 0.1) is 6.92 Å². The average molecular weight is 211 g/mol. The van der Waals surface area contributed by atoms with Gasteiger partial charge >= 0.3 is 23.1 Å². The molecule has 13 heavy (non-hydrogen) atoms. The zero-order chi connectivity index (χ0) is 8.27. The molecule has 0 N–H and O–H groups in total. The predicted octanol–water partition coefficient (Wildman–Crippen LogP) is -1.49. The quantitative estimate of drug-likeness (QED) is 0.438. The van der Waals surface area contributed by atoms with Gasteiger partial charge in [0.15, 0.2) is 0 Å². The van der Waals surface area contributed by atoms with Crippen molar-refractivity contribution in [3.05, 3.63) is 30.7 Å². The van der Waals surface area contributed by atoms with Gasteiger partial charge in [-0.3, -0.25) is 0 Å². The van der Waals surface area contributed by atoms with Crippen molar-refractivity contribution >= 4 is 23.1 Å². The summed E-state index contributed by atoms with van der Waals surface area (Å²) in [7, 11) is 3.25. The van der Waals surface area contributed by atoms with E-state index in [4.69, 9.17) is 9.47 Å². The molecular formula is C9H11ClMgO2. The van der Waals surface area contributed by atoms with Crippen molar-refractivity contribution in [2.75, 3.05) is 14.2 Å². The van der Waals surface area contributed by atoms with Crippen molar-refractivity contribution in [2.24, 2.45) is 0 Å². The number of hydrogen-bond donors (Lipinski definition) is 0. The van der Waals surface area contributed by atoms with E-state index in [1.165, 1.54) is 0 Å². The van der Waals surface area contributed by atoms with Gasteiger partial charge in [0.1, 0.15) is 0 Å². The van der Waals surface area contributed by atoms with Crippen LogP contribution in [-0.4, -0.2) is 37.3 Å².